The van der Waals surface area contributed by atoms with Crippen molar-refractivity contribution >= 4 is 22.8 Å². The number of aliphatic carboxylic acids is 1. The molecule has 0 bridgehead atoms. The quantitative estimate of drug-likeness (QED) is 0.847. The lowest BCUT2D eigenvalue weighted by molar-refractivity contribution is -0.141. The van der Waals surface area contributed by atoms with E-state index in [9.17, 15) is 9.59 Å². The van der Waals surface area contributed by atoms with Crippen LogP contribution in [-0.4, -0.2) is 34.7 Å². The van der Waals surface area contributed by atoms with Gasteiger partial charge in [-0.05, 0) is 31.2 Å². The number of carbonyl (C=O) groups excluding carboxylic acids is 1. The molecular formula is C15H18N2O4. The lowest BCUT2D eigenvalue weighted by Crippen LogP contribution is -2.38. The van der Waals surface area contributed by atoms with Crippen LogP contribution in [0.5, 0.6) is 5.75 Å². The average Bonchev–Trinajstić information content (AvgIpc) is 2.87. The summed E-state index contributed by atoms with van der Waals surface area (Å²) >= 11 is 0. The van der Waals surface area contributed by atoms with Gasteiger partial charge < -0.3 is 19.7 Å². The van der Waals surface area contributed by atoms with Crippen LogP contribution in [0.15, 0.2) is 30.5 Å². The predicted octanol–water partition coefficient (Wildman–Crippen LogP) is 1.63. The smallest absolute Gasteiger partial charge is 0.325 e. The number of hydrogen-bond donors (Lipinski definition) is 2. The van der Waals surface area contributed by atoms with Crippen molar-refractivity contribution in [2.45, 2.75) is 25.9 Å². The van der Waals surface area contributed by atoms with Gasteiger partial charge in [-0.25, -0.2) is 0 Å². The number of nitrogens with one attached hydrogen (secondary N) is 1. The van der Waals surface area contributed by atoms with Crippen LogP contribution in [0.4, 0.5) is 0 Å². The summed E-state index contributed by atoms with van der Waals surface area (Å²) < 4.78 is 7.13. The highest BCUT2D eigenvalue weighted by atomic mass is 16.5. The average molecular weight is 290 g/mol. The third-order valence-electron chi connectivity index (χ3n) is 3.31. The fraction of sp³-hybridized carbons (Fsp3) is 0.333. The molecule has 0 aliphatic carbocycles. The number of carboxylic acid groups (broad SMARTS) is 1. The standard InChI is InChI=1S/C15H18N2O4/c1-10(15(19)20)16-14(18)6-8-17-7-5-11-9-12(21-2)3-4-13(11)17/h3-5,7,9-10H,6,8H2,1-2H3,(H,16,18)(H,19,20)/t10-/m1/s1. The molecule has 2 rings (SSSR count). The lowest BCUT2D eigenvalue weighted by atomic mass is 10.2. The molecule has 0 saturated heterocycles. The largest absolute Gasteiger partial charge is 0.497 e. The summed E-state index contributed by atoms with van der Waals surface area (Å²) in [5, 5.41) is 12.2. The molecule has 1 aromatic heterocycles. The molecule has 0 unspecified atom stereocenters. The van der Waals surface area contributed by atoms with Gasteiger partial charge in [0.2, 0.25) is 5.91 Å². The maximum atomic E-state index is 11.7. The number of fused-ring (bicyclic) bond motifs is 1. The van der Waals surface area contributed by atoms with Gasteiger partial charge in [-0.15, -0.1) is 0 Å². The topological polar surface area (TPSA) is 80.6 Å². The Bertz CT molecular complexity index is 663. The number of carboxylic acids is 1. The number of carbonyl (C=O) groups is 2. The molecule has 0 radical (unpaired) electrons. The molecule has 21 heavy (non-hydrogen) atoms. The normalized spacial score (nSPS) is 12.1. The summed E-state index contributed by atoms with van der Waals surface area (Å²) in [4.78, 5) is 22.4. The van der Waals surface area contributed by atoms with Crippen LogP contribution in [0.2, 0.25) is 0 Å². The first kappa shape index (κ1) is 14.9. The van der Waals surface area contributed by atoms with Gasteiger partial charge in [0.05, 0.1) is 7.11 Å². The summed E-state index contributed by atoms with van der Waals surface area (Å²) in [6.45, 7) is 1.94. The Kier molecular flexibility index (Phi) is 4.47. The molecule has 1 amide bonds. The van der Waals surface area contributed by atoms with Crippen LogP contribution in [0.25, 0.3) is 10.9 Å². The van der Waals surface area contributed by atoms with Crippen molar-refractivity contribution in [3.63, 3.8) is 0 Å². The van der Waals surface area contributed by atoms with E-state index in [1.165, 1.54) is 6.92 Å². The molecule has 112 valence electrons. The summed E-state index contributed by atoms with van der Waals surface area (Å²) in [5.41, 5.74) is 1.01. The van der Waals surface area contributed by atoms with Crippen LogP contribution in [-0.2, 0) is 16.1 Å². The fourth-order valence-electron chi connectivity index (χ4n) is 2.10. The predicted molar refractivity (Wildman–Crippen MR) is 78.3 cm³/mol. The zero-order valence-electron chi connectivity index (χ0n) is 12.0. The Hall–Kier alpha value is -2.50. The number of benzene rings is 1. The highest BCUT2D eigenvalue weighted by Crippen LogP contribution is 2.21. The van der Waals surface area contributed by atoms with Gasteiger partial charge in [0.25, 0.3) is 0 Å². The van der Waals surface area contributed by atoms with E-state index in [0.717, 1.165) is 16.7 Å². The Labute approximate surface area is 122 Å². The third-order valence-corrected chi connectivity index (χ3v) is 3.31. The van der Waals surface area contributed by atoms with E-state index in [1.54, 1.807) is 7.11 Å². The van der Waals surface area contributed by atoms with Crippen LogP contribution < -0.4 is 10.1 Å². The van der Waals surface area contributed by atoms with Crippen molar-refractivity contribution in [2.24, 2.45) is 0 Å². The zero-order valence-corrected chi connectivity index (χ0v) is 12.0. The van der Waals surface area contributed by atoms with Crippen LogP contribution >= 0.6 is 0 Å². The van der Waals surface area contributed by atoms with Crippen molar-refractivity contribution in [3.8, 4) is 5.75 Å². The van der Waals surface area contributed by atoms with Gasteiger partial charge in [-0.3, -0.25) is 9.59 Å². The molecule has 0 aliphatic heterocycles. The molecule has 0 spiro atoms. The van der Waals surface area contributed by atoms with Gasteiger partial charge in [0.15, 0.2) is 0 Å². The second kappa shape index (κ2) is 6.30. The summed E-state index contributed by atoms with van der Waals surface area (Å²) in [6, 6.07) is 6.81. The molecule has 1 heterocycles. The van der Waals surface area contributed by atoms with Gasteiger partial charge in [-0.1, -0.05) is 0 Å². The Morgan fingerprint density at radius 1 is 1.38 bits per heavy atom. The minimum atomic E-state index is -1.04. The molecule has 0 fully saturated rings. The summed E-state index contributed by atoms with van der Waals surface area (Å²) in [7, 11) is 1.62. The van der Waals surface area contributed by atoms with Crippen molar-refractivity contribution < 1.29 is 19.4 Å². The number of aromatic nitrogens is 1. The number of amides is 1. The molecule has 0 aliphatic rings. The van der Waals surface area contributed by atoms with E-state index in [4.69, 9.17) is 9.84 Å². The van der Waals surface area contributed by atoms with Crippen molar-refractivity contribution in [1.82, 2.24) is 9.88 Å². The van der Waals surface area contributed by atoms with Crippen LogP contribution in [0.3, 0.4) is 0 Å². The van der Waals surface area contributed by atoms with Crippen molar-refractivity contribution in [3.05, 3.63) is 30.5 Å². The number of aryl methyl sites for hydroxylation is 1. The second-order valence-electron chi connectivity index (χ2n) is 4.81. The molecular weight excluding hydrogens is 272 g/mol. The maximum absolute atomic E-state index is 11.7. The number of hydrogen-bond acceptors (Lipinski definition) is 3. The first-order valence-corrected chi connectivity index (χ1v) is 6.66. The van der Waals surface area contributed by atoms with E-state index in [0.29, 0.717) is 6.54 Å². The SMILES string of the molecule is COc1ccc2c(ccn2CCC(=O)N[C@H](C)C(=O)O)c1. The van der Waals surface area contributed by atoms with E-state index < -0.39 is 12.0 Å². The van der Waals surface area contributed by atoms with Crippen molar-refractivity contribution in [1.29, 1.82) is 0 Å². The highest BCUT2D eigenvalue weighted by Gasteiger charge is 2.13. The number of methoxy groups -OCH3 is 1. The summed E-state index contributed by atoms with van der Waals surface area (Å²) in [5.74, 6) is -0.532. The fourth-order valence-corrected chi connectivity index (χ4v) is 2.10. The number of nitrogens with zero attached hydrogens (tertiary/aromatic N) is 1. The molecule has 2 N–H and O–H groups in total. The molecule has 2 aromatic rings. The zero-order chi connectivity index (χ0) is 15.4. The van der Waals surface area contributed by atoms with E-state index in [-0.39, 0.29) is 12.3 Å². The van der Waals surface area contributed by atoms with Crippen LogP contribution in [0.1, 0.15) is 13.3 Å². The Morgan fingerprint density at radius 3 is 2.81 bits per heavy atom. The van der Waals surface area contributed by atoms with E-state index >= 15 is 0 Å². The molecule has 0 saturated carbocycles. The third kappa shape index (κ3) is 3.53. The molecule has 6 nitrogen and oxygen atoms in total. The van der Waals surface area contributed by atoms with E-state index in [1.807, 2.05) is 35.0 Å². The lowest BCUT2D eigenvalue weighted by Gasteiger charge is -2.10. The maximum Gasteiger partial charge on any atom is 0.325 e. The highest BCUT2D eigenvalue weighted by molar-refractivity contribution is 5.84. The number of rotatable bonds is 6. The molecule has 1 atom stereocenters. The van der Waals surface area contributed by atoms with Gasteiger partial charge in [0.1, 0.15) is 11.8 Å². The first-order valence-electron chi connectivity index (χ1n) is 6.66. The molecule has 6 heteroatoms. The van der Waals surface area contributed by atoms with Gasteiger partial charge >= 0.3 is 5.97 Å². The van der Waals surface area contributed by atoms with Crippen LogP contribution in [0, 0.1) is 0 Å². The van der Waals surface area contributed by atoms with E-state index in [2.05, 4.69) is 5.32 Å². The summed E-state index contributed by atoms with van der Waals surface area (Å²) in [6.07, 6.45) is 2.13. The first-order chi connectivity index (χ1) is 10.0. The minimum Gasteiger partial charge on any atom is -0.497 e. The van der Waals surface area contributed by atoms with Crippen molar-refractivity contribution in [2.75, 3.05) is 7.11 Å². The van der Waals surface area contributed by atoms with Gasteiger partial charge in [-0.2, -0.15) is 0 Å². The minimum absolute atomic E-state index is 0.230. The monoisotopic (exact) mass is 290 g/mol. The van der Waals surface area contributed by atoms with Gasteiger partial charge in [0, 0.05) is 30.1 Å². The molecule has 1 aromatic carbocycles. The Balaban J connectivity index is 2.00. The Morgan fingerprint density at radius 2 is 2.14 bits per heavy atom. The second-order valence-corrected chi connectivity index (χ2v) is 4.81. The number of ether oxygens (including phenoxy) is 1.